The zero-order valence-electron chi connectivity index (χ0n) is 9.56. The summed E-state index contributed by atoms with van der Waals surface area (Å²) in [4.78, 5) is 0. The SMILES string of the molecule is CC(N)c1nnc(CCc2ccccc2Cl)o1. The normalized spacial score (nSPS) is 12.6. The third-order valence-corrected chi connectivity index (χ3v) is 2.81. The van der Waals surface area contributed by atoms with Crippen LogP contribution in [0.1, 0.15) is 30.3 Å². The maximum atomic E-state index is 6.06. The fourth-order valence-electron chi connectivity index (χ4n) is 1.49. The lowest BCUT2D eigenvalue weighted by Gasteiger charge is -2.01. The van der Waals surface area contributed by atoms with Gasteiger partial charge in [0.2, 0.25) is 11.8 Å². The summed E-state index contributed by atoms with van der Waals surface area (Å²) in [5, 5.41) is 8.58. The summed E-state index contributed by atoms with van der Waals surface area (Å²) in [6.45, 7) is 1.81. The maximum absolute atomic E-state index is 6.06. The molecule has 0 radical (unpaired) electrons. The molecule has 0 bridgehead atoms. The Balaban J connectivity index is 2.00. The first-order valence-corrected chi connectivity index (χ1v) is 5.86. The van der Waals surface area contributed by atoms with Crippen molar-refractivity contribution in [3.05, 3.63) is 46.6 Å². The summed E-state index contributed by atoms with van der Waals surface area (Å²) in [7, 11) is 0. The molecule has 17 heavy (non-hydrogen) atoms. The van der Waals surface area contributed by atoms with Gasteiger partial charge in [0.05, 0.1) is 6.04 Å². The summed E-state index contributed by atoms with van der Waals surface area (Å²) in [5.41, 5.74) is 6.72. The van der Waals surface area contributed by atoms with Gasteiger partial charge in [-0.05, 0) is 25.0 Å². The zero-order chi connectivity index (χ0) is 12.3. The Morgan fingerprint density at radius 2 is 2.06 bits per heavy atom. The van der Waals surface area contributed by atoms with E-state index in [9.17, 15) is 0 Å². The first-order valence-electron chi connectivity index (χ1n) is 5.48. The number of benzene rings is 1. The number of aryl methyl sites for hydroxylation is 2. The van der Waals surface area contributed by atoms with Gasteiger partial charge in [0.15, 0.2) is 0 Å². The largest absolute Gasteiger partial charge is 0.424 e. The molecule has 1 aromatic carbocycles. The minimum atomic E-state index is -0.225. The van der Waals surface area contributed by atoms with E-state index in [0.29, 0.717) is 18.2 Å². The zero-order valence-corrected chi connectivity index (χ0v) is 10.3. The van der Waals surface area contributed by atoms with E-state index < -0.39 is 0 Å². The van der Waals surface area contributed by atoms with Gasteiger partial charge in [0, 0.05) is 11.4 Å². The van der Waals surface area contributed by atoms with E-state index in [1.54, 1.807) is 0 Å². The van der Waals surface area contributed by atoms with Gasteiger partial charge in [-0.3, -0.25) is 0 Å². The van der Waals surface area contributed by atoms with Crippen molar-refractivity contribution in [1.82, 2.24) is 10.2 Å². The molecule has 2 rings (SSSR count). The lowest BCUT2D eigenvalue weighted by atomic mass is 10.1. The molecule has 1 heterocycles. The number of nitrogens with zero attached hydrogens (tertiary/aromatic N) is 2. The van der Waals surface area contributed by atoms with Crippen molar-refractivity contribution in [1.29, 1.82) is 0 Å². The molecule has 1 aromatic heterocycles. The summed E-state index contributed by atoms with van der Waals surface area (Å²) < 4.78 is 5.42. The third kappa shape index (κ3) is 3.05. The first kappa shape index (κ1) is 12.1. The molecule has 1 unspecified atom stereocenters. The first-order chi connectivity index (χ1) is 8.16. The number of halogens is 1. The van der Waals surface area contributed by atoms with E-state index in [2.05, 4.69) is 10.2 Å². The van der Waals surface area contributed by atoms with Gasteiger partial charge in [-0.25, -0.2) is 0 Å². The van der Waals surface area contributed by atoms with Crippen molar-refractivity contribution in [3.63, 3.8) is 0 Å². The molecule has 0 aliphatic rings. The van der Waals surface area contributed by atoms with E-state index in [0.717, 1.165) is 17.0 Å². The van der Waals surface area contributed by atoms with E-state index in [1.807, 2.05) is 31.2 Å². The highest BCUT2D eigenvalue weighted by Gasteiger charge is 2.10. The Bertz CT molecular complexity index is 496. The topological polar surface area (TPSA) is 64.9 Å². The van der Waals surface area contributed by atoms with E-state index in [4.69, 9.17) is 21.8 Å². The Morgan fingerprint density at radius 3 is 2.71 bits per heavy atom. The number of rotatable bonds is 4. The van der Waals surface area contributed by atoms with Crippen LogP contribution in [0.5, 0.6) is 0 Å². The summed E-state index contributed by atoms with van der Waals surface area (Å²) in [6, 6.07) is 7.51. The highest BCUT2D eigenvalue weighted by atomic mass is 35.5. The van der Waals surface area contributed by atoms with Gasteiger partial charge in [0.1, 0.15) is 0 Å². The van der Waals surface area contributed by atoms with Gasteiger partial charge in [0.25, 0.3) is 0 Å². The molecule has 90 valence electrons. The standard InChI is InChI=1S/C12H14ClN3O/c1-8(14)12-16-15-11(17-12)7-6-9-4-2-3-5-10(9)13/h2-5,8H,6-7,14H2,1H3. The van der Waals surface area contributed by atoms with Crippen LogP contribution >= 0.6 is 11.6 Å². The molecule has 0 saturated carbocycles. The minimum Gasteiger partial charge on any atom is -0.424 e. The van der Waals surface area contributed by atoms with Crippen LogP contribution in [0.15, 0.2) is 28.7 Å². The maximum Gasteiger partial charge on any atom is 0.232 e. The molecule has 0 aliphatic heterocycles. The van der Waals surface area contributed by atoms with Crippen LogP contribution < -0.4 is 5.73 Å². The number of nitrogens with two attached hydrogens (primary N) is 1. The van der Waals surface area contributed by atoms with Crippen LogP contribution in [0.2, 0.25) is 5.02 Å². The smallest absolute Gasteiger partial charge is 0.232 e. The van der Waals surface area contributed by atoms with Gasteiger partial charge >= 0.3 is 0 Å². The quantitative estimate of drug-likeness (QED) is 0.907. The third-order valence-electron chi connectivity index (χ3n) is 2.44. The summed E-state index contributed by atoms with van der Waals surface area (Å²) >= 11 is 6.06. The van der Waals surface area contributed by atoms with Gasteiger partial charge in [-0.1, -0.05) is 29.8 Å². The molecule has 0 aliphatic carbocycles. The number of aromatic nitrogens is 2. The fourth-order valence-corrected chi connectivity index (χ4v) is 1.72. The average Bonchev–Trinajstić information content (AvgIpc) is 2.77. The molecular formula is C12H14ClN3O. The summed E-state index contributed by atoms with van der Waals surface area (Å²) in [6.07, 6.45) is 1.45. The molecule has 1 atom stereocenters. The van der Waals surface area contributed by atoms with E-state index >= 15 is 0 Å². The average molecular weight is 252 g/mol. The summed E-state index contributed by atoms with van der Waals surface area (Å²) in [5.74, 6) is 1.07. The second-order valence-corrected chi connectivity index (χ2v) is 4.32. The molecular weight excluding hydrogens is 238 g/mol. The van der Waals surface area contributed by atoms with Crippen LogP contribution in [0.3, 0.4) is 0 Å². The van der Waals surface area contributed by atoms with Crippen LogP contribution in [0.25, 0.3) is 0 Å². The van der Waals surface area contributed by atoms with Crippen molar-refractivity contribution >= 4 is 11.6 Å². The van der Waals surface area contributed by atoms with Gasteiger partial charge in [-0.2, -0.15) is 0 Å². The van der Waals surface area contributed by atoms with E-state index in [-0.39, 0.29) is 6.04 Å². The molecule has 0 amide bonds. The molecule has 2 aromatic rings. The fraction of sp³-hybridized carbons (Fsp3) is 0.333. The van der Waals surface area contributed by atoms with Crippen LogP contribution in [-0.2, 0) is 12.8 Å². The lowest BCUT2D eigenvalue weighted by molar-refractivity contribution is 0.426. The second-order valence-electron chi connectivity index (χ2n) is 3.91. The Morgan fingerprint density at radius 1 is 1.29 bits per heavy atom. The van der Waals surface area contributed by atoms with Crippen LogP contribution in [-0.4, -0.2) is 10.2 Å². The van der Waals surface area contributed by atoms with Gasteiger partial charge in [-0.15, -0.1) is 10.2 Å². The highest BCUT2D eigenvalue weighted by Crippen LogP contribution is 2.17. The number of hydrogen-bond acceptors (Lipinski definition) is 4. The number of hydrogen-bond donors (Lipinski definition) is 1. The van der Waals surface area contributed by atoms with E-state index in [1.165, 1.54) is 0 Å². The molecule has 4 nitrogen and oxygen atoms in total. The molecule has 0 fully saturated rings. The van der Waals surface area contributed by atoms with Crippen LogP contribution in [0, 0.1) is 0 Å². The monoisotopic (exact) mass is 251 g/mol. The molecule has 5 heteroatoms. The van der Waals surface area contributed by atoms with Crippen molar-refractivity contribution in [2.45, 2.75) is 25.8 Å². The predicted molar refractivity (Wildman–Crippen MR) is 65.8 cm³/mol. The lowest BCUT2D eigenvalue weighted by Crippen LogP contribution is -2.04. The molecule has 2 N–H and O–H groups in total. The van der Waals surface area contributed by atoms with Crippen molar-refractivity contribution in [2.75, 3.05) is 0 Å². The van der Waals surface area contributed by atoms with Gasteiger partial charge < -0.3 is 10.2 Å². The van der Waals surface area contributed by atoms with Crippen LogP contribution in [0.4, 0.5) is 0 Å². The Labute approximate surface area is 105 Å². The van der Waals surface area contributed by atoms with Crippen molar-refractivity contribution < 1.29 is 4.42 Å². The Hall–Kier alpha value is -1.39. The second kappa shape index (κ2) is 5.29. The minimum absolute atomic E-state index is 0.225. The predicted octanol–water partition coefficient (Wildman–Crippen LogP) is 2.53. The Kier molecular flexibility index (Phi) is 3.76. The highest BCUT2D eigenvalue weighted by molar-refractivity contribution is 6.31. The molecule has 0 saturated heterocycles. The van der Waals surface area contributed by atoms with Crippen molar-refractivity contribution in [3.8, 4) is 0 Å². The molecule has 0 spiro atoms. The van der Waals surface area contributed by atoms with Crippen molar-refractivity contribution in [2.24, 2.45) is 5.73 Å².